The van der Waals surface area contributed by atoms with Crippen molar-refractivity contribution < 1.29 is 9.59 Å². The van der Waals surface area contributed by atoms with E-state index in [9.17, 15) is 14.4 Å². The average Bonchev–Trinajstić information content (AvgIpc) is 2.68. The summed E-state index contributed by atoms with van der Waals surface area (Å²) in [7, 11) is 1.62. The van der Waals surface area contributed by atoms with Crippen molar-refractivity contribution in [3.8, 4) is 0 Å². The molecule has 3 rings (SSSR count). The number of para-hydroxylation sites is 1. The molecule has 0 atom stereocenters. The fraction of sp³-hybridized carbons (Fsp3) is 0.474. The smallest absolute Gasteiger partial charge is 0.258 e. The Morgan fingerprint density at radius 1 is 1.19 bits per heavy atom. The van der Waals surface area contributed by atoms with Gasteiger partial charge in [-0.15, -0.1) is 0 Å². The second kappa shape index (κ2) is 8.77. The maximum Gasteiger partial charge on any atom is 0.258 e. The molecule has 2 aromatic rings. The number of nitrogens with zero attached hydrogens (tertiary/aromatic N) is 3. The number of piperazine rings is 1. The van der Waals surface area contributed by atoms with Crippen LogP contribution in [0, 0.1) is 0 Å². The fourth-order valence-electron chi connectivity index (χ4n) is 3.26. The highest BCUT2D eigenvalue weighted by Crippen LogP contribution is 2.09. The van der Waals surface area contributed by atoms with E-state index in [1.165, 1.54) is 0 Å². The number of hydrogen-bond donors (Lipinski definition) is 2. The minimum absolute atomic E-state index is 0.00773. The first kappa shape index (κ1) is 19.0. The van der Waals surface area contributed by atoms with E-state index in [0.29, 0.717) is 68.7 Å². The third-order valence-electron chi connectivity index (χ3n) is 4.84. The first-order valence-electron chi connectivity index (χ1n) is 9.25. The Labute approximate surface area is 157 Å². The number of hydrogen-bond acceptors (Lipinski definition) is 5. The normalized spacial score (nSPS) is 15.1. The van der Waals surface area contributed by atoms with Gasteiger partial charge in [0.1, 0.15) is 5.82 Å². The van der Waals surface area contributed by atoms with Gasteiger partial charge in [-0.3, -0.25) is 19.3 Å². The topological polar surface area (TPSA) is 98.4 Å². The first-order chi connectivity index (χ1) is 13.1. The van der Waals surface area contributed by atoms with Gasteiger partial charge < -0.3 is 15.2 Å². The molecule has 0 radical (unpaired) electrons. The quantitative estimate of drug-likeness (QED) is 0.752. The molecule has 0 spiro atoms. The number of carbonyl (C=O) groups excluding carboxylic acids is 2. The lowest BCUT2D eigenvalue weighted by molar-refractivity contribution is -0.133. The lowest BCUT2D eigenvalue weighted by Crippen LogP contribution is -2.50. The van der Waals surface area contributed by atoms with Gasteiger partial charge in [-0.1, -0.05) is 12.1 Å². The molecule has 1 aliphatic rings. The predicted molar refractivity (Wildman–Crippen MR) is 102 cm³/mol. The van der Waals surface area contributed by atoms with E-state index in [1.807, 2.05) is 28.0 Å². The molecule has 0 unspecified atom stereocenters. The largest absolute Gasteiger partial charge is 0.358 e. The van der Waals surface area contributed by atoms with E-state index in [-0.39, 0.29) is 17.4 Å². The molecule has 144 valence electrons. The number of aromatic amines is 1. The highest BCUT2D eigenvalue weighted by Gasteiger charge is 2.21. The first-order valence-corrected chi connectivity index (χ1v) is 9.25. The van der Waals surface area contributed by atoms with Crippen molar-refractivity contribution in [3.05, 3.63) is 40.4 Å². The van der Waals surface area contributed by atoms with Crippen LogP contribution in [-0.4, -0.2) is 71.4 Å². The summed E-state index contributed by atoms with van der Waals surface area (Å²) >= 11 is 0. The molecule has 8 heteroatoms. The second-order valence-corrected chi connectivity index (χ2v) is 6.71. The Morgan fingerprint density at radius 2 is 1.93 bits per heavy atom. The number of nitrogens with one attached hydrogen (secondary N) is 2. The van der Waals surface area contributed by atoms with Crippen molar-refractivity contribution in [3.63, 3.8) is 0 Å². The minimum atomic E-state index is -0.144. The molecule has 0 saturated carbocycles. The third kappa shape index (κ3) is 4.91. The van der Waals surface area contributed by atoms with Crippen molar-refractivity contribution in [2.24, 2.45) is 0 Å². The number of fused-ring (bicyclic) bond motifs is 1. The van der Waals surface area contributed by atoms with Gasteiger partial charge in [0.15, 0.2) is 0 Å². The Hall–Kier alpha value is -2.74. The van der Waals surface area contributed by atoms with Crippen molar-refractivity contribution in [1.82, 2.24) is 25.1 Å². The minimum Gasteiger partial charge on any atom is -0.358 e. The SMILES string of the molecule is CNC(=O)CN1CCN(C(=O)CCCc2nc3ccccc3c(=O)[nH]2)CC1. The van der Waals surface area contributed by atoms with Gasteiger partial charge in [-0.2, -0.15) is 0 Å². The zero-order valence-electron chi connectivity index (χ0n) is 15.5. The van der Waals surface area contributed by atoms with Gasteiger partial charge >= 0.3 is 0 Å². The number of carbonyl (C=O) groups is 2. The molecular weight excluding hydrogens is 346 g/mol. The zero-order chi connectivity index (χ0) is 19.2. The standard InChI is InChI=1S/C19H25N5O3/c1-20-17(25)13-23-9-11-24(12-10-23)18(26)8-4-7-16-21-15-6-3-2-5-14(15)19(27)22-16/h2-3,5-6H,4,7-13H2,1H3,(H,20,25)(H,21,22,27). The Balaban J connectivity index is 1.46. The number of benzene rings is 1. The molecule has 1 fully saturated rings. The maximum absolute atomic E-state index is 12.4. The van der Waals surface area contributed by atoms with E-state index < -0.39 is 0 Å². The van der Waals surface area contributed by atoms with Crippen LogP contribution in [0.15, 0.2) is 29.1 Å². The van der Waals surface area contributed by atoms with E-state index >= 15 is 0 Å². The number of amides is 2. The van der Waals surface area contributed by atoms with Crippen molar-refractivity contribution in [2.75, 3.05) is 39.8 Å². The summed E-state index contributed by atoms with van der Waals surface area (Å²) in [6.07, 6.45) is 1.62. The molecule has 2 amide bonds. The summed E-state index contributed by atoms with van der Waals surface area (Å²) < 4.78 is 0. The van der Waals surface area contributed by atoms with Crippen LogP contribution in [0.5, 0.6) is 0 Å². The van der Waals surface area contributed by atoms with Gasteiger partial charge in [0.25, 0.3) is 5.56 Å². The van der Waals surface area contributed by atoms with Gasteiger partial charge in [-0.05, 0) is 18.6 Å². The van der Waals surface area contributed by atoms with Crippen LogP contribution in [0.2, 0.25) is 0 Å². The highest BCUT2D eigenvalue weighted by molar-refractivity contribution is 5.78. The van der Waals surface area contributed by atoms with Gasteiger partial charge in [-0.25, -0.2) is 4.98 Å². The monoisotopic (exact) mass is 371 g/mol. The Kier molecular flexibility index (Phi) is 6.18. The van der Waals surface area contributed by atoms with Gasteiger partial charge in [0.05, 0.1) is 17.4 Å². The van der Waals surface area contributed by atoms with Gasteiger partial charge in [0.2, 0.25) is 11.8 Å². The maximum atomic E-state index is 12.4. The van der Waals surface area contributed by atoms with Crippen LogP contribution < -0.4 is 10.9 Å². The van der Waals surface area contributed by atoms with Crippen molar-refractivity contribution in [1.29, 1.82) is 0 Å². The summed E-state index contributed by atoms with van der Waals surface area (Å²) in [6, 6.07) is 7.23. The molecule has 1 aromatic heterocycles. The molecule has 1 saturated heterocycles. The molecule has 0 aliphatic carbocycles. The Bertz CT molecular complexity index is 871. The number of rotatable bonds is 6. The number of aromatic nitrogens is 2. The van der Waals surface area contributed by atoms with Crippen molar-refractivity contribution >= 4 is 22.7 Å². The van der Waals surface area contributed by atoms with E-state index in [1.54, 1.807) is 13.1 Å². The number of aryl methyl sites for hydroxylation is 1. The lowest BCUT2D eigenvalue weighted by Gasteiger charge is -2.34. The van der Waals surface area contributed by atoms with Crippen LogP contribution in [-0.2, 0) is 16.0 Å². The van der Waals surface area contributed by atoms with Crippen LogP contribution >= 0.6 is 0 Å². The van der Waals surface area contributed by atoms with Gasteiger partial charge in [0, 0.05) is 46.1 Å². The summed E-state index contributed by atoms with van der Waals surface area (Å²) in [6.45, 7) is 3.07. The van der Waals surface area contributed by atoms with E-state index in [4.69, 9.17) is 0 Å². The zero-order valence-corrected chi connectivity index (χ0v) is 15.5. The molecule has 1 aliphatic heterocycles. The molecule has 0 bridgehead atoms. The number of H-pyrrole nitrogens is 1. The molecular formula is C19H25N5O3. The molecule has 2 N–H and O–H groups in total. The molecule has 1 aromatic carbocycles. The number of likely N-dealkylation sites (N-methyl/N-ethyl adjacent to an activating group) is 1. The van der Waals surface area contributed by atoms with Crippen molar-refractivity contribution in [2.45, 2.75) is 19.3 Å². The Morgan fingerprint density at radius 3 is 2.67 bits per heavy atom. The van der Waals surface area contributed by atoms with Crippen LogP contribution in [0.3, 0.4) is 0 Å². The summed E-state index contributed by atoms with van der Waals surface area (Å²) in [5, 5.41) is 3.19. The van der Waals surface area contributed by atoms with E-state index in [0.717, 1.165) is 0 Å². The lowest BCUT2D eigenvalue weighted by atomic mass is 10.2. The fourth-order valence-corrected chi connectivity index (χ4v) is 3.26. The third-order valence-corrected chi connectivity index (χ3v) is 4.84. The highest BCUT2D eigenvalue weighted by atomic mass is 16.2. The summed E-state index contributed by atoms with van der Waals surface area (Å²) in [5.74, 6) is 0.714. The summed E-state index contributed by atoms with van der Waals surface area (Å²) in [4.78, 5) is 47.0. The van der Waals surface area contributed by atoms with Crippen LogP contribution in [0.25, 0.3) is 10.9 Å². The predicted octanol–water partition coefficient (Wildman–Crippen LogP) is 0.136. The van der Waals surface area contributed by atoms with Crippen LogP contribution in [0.4, 0.5) is 0 Å². The molecule has 27 heavy (non-hydrogen) atoms. The second-order valence-electron chi connectivity index (χ2n) is 6.71. The molecule has 8 nitrogen and oxygen atoms in total. The van der Waals surface area contributed by atoms with E-state index in [2.05, 4.69) is 15.3 Å². The van der Waals surface area contributed by atoms with Crippen LogP contribution in [0.1, 0.15) is 18.7 Å². The molecule has 2 heterocycles. The summed E-state index contributed by atoms with van der Waals surface area (Å²) in [5.41, 5.74) is 0.531. The average molecular weight is 371 g/mol.